The molecule has 0 bridgehead atoms. The lowest BCUT2D eigenvalue weighted by Crippen LogP contribution is -2.39. The van der Waals surface area contributed by atoms with E-state index in [0.29, 0.717) is 11.3 Å². The van der Waals surface area contributed by atoms with Crippen molar-refractivity contribution in [3.05, 3.63) is 59.2 Å². The van der Waals surface area contributed by atoms with Crippen LogP contribution in [0.3, 0.4) is 0 Å². The molecule has 1 amide bonds. The number of halogens is 1. The SMILES string of the molecule is CC(=O)c1cccc(OC(C)C(=O)NC2CCCc3cc(N)ccc32)c1.Cl. The summed E-state index contributed by atoms with van der Waals surface area (Å²) in [6.07, 6.45) is 2.24. The Labute approximate surface area is 165 Å². The maximum atomic E-state index is 12.6. The molecular formula is C21H25ClN2O3. The third kappa shape index (κ3) is 5.01. The van der Waals surface area contributed by atoms with Crippen molar-refractivity contribution in [3.8, 4) is 5.75 Å². The van der Waals surface area contributed by atoms with E-state index in [1.807, 2.05) is 18.2 Å². The number of benzene rings is 2. The van der Waals surface area contributed by atoms with Crippen LogP contribution < -0.4 is 15.8 Å². The van der Waals surface area contributed by atoms with E-state index in [1.54, 1.807) is 31.2 Å². The number of amides is 1. The minimum atomic E-state index is -0.656. The van der Waals surface area contributed by atoms with Gasteiger partial charge in [-0.05, 0) is 68.5 Å². The average molecular weight is 389 g/mol. The molecule has 2 aromatic rings. The topological polar surface area (TPSA) is 81.4 Å². The highest BCUT2D eigenvalue weighted by Gasteiger charge is 2.24. The Kier molecular flexibility index (Phi) is 6.86. The van der Waals surface area contributed by atoms with E-state index in [4.69, 9.17) is 10.5 Å². The second kappa shape index (κ2) is 8.91. The van der Waals surface area contributed by atoms with Gasteiger partial charge in [-0.3, -0.25) is 9.59 Å². The molecule has 0 saturated heterocycles. The van der Waals surface area contributed by atoms with Gasteiger partial charge in [0.25, 0.3) is 5.91 Å². The van der Waals surface area contributed by atoms with Crippen molar-refractivity contribution in [2.75, 3.05) is 5.73 Å². The fourth-order valence-corrected chi connectivity index (χ4v) is 3.32. The molecule has 2 unspecified atom stereocenters. The number of anilines is 1. The zero-order valence-electron chi connectivity index (χ0n) is 15.5. The third-order valence-electron chi connectivity index (χ3n) is 4.72. The Hall–Kier alpha value is -2.53. The van der Waals surface area contributed by atoms with E-state index in [1.165, 1.54) is 12.5 Å². The molecule has 6 heteroatoms. The highest BCUT2D eigenvalue weighted by Crippen LogP contribution is 2.31. The number of hydrogen-bond acceptors (Lipinski definition) is 4. The lowest BCUT2D eigenvalue weighted by atomic mass is 9.87. The summed E-state index contributed by atoms with van der Waals surface area (Å²) < 4.78 is 5.73. The summed E-state index contributed by atoms with van der Waals surface area (Å²) in [7, 11) is 0. The molecule has 2 aromatic carbocycles. The van der Waals surface area contributed by atoms with Gasteiger partial charge < -0.3 is 15.8 Å². The molecule has 144 valence electrons. The Morgan fingerprint density at radius 2 is 2.00 bits per heavy atom. The van der Waals surface area contributed by atoms with E-state index >= 15 is 0 Å². The quantitative estimate of drug-likeness (QED) is 0.602. The van der Waals surface area contributed by atoms with Crippen molar-refractivity contribution in [1.82, 2.24) is 5.32 Å². The molecule has 0 spiro atoms. The van der Waals surface area contributed by atoms with Crippen LogP contribution in [0.15, 0.2) is 42.5 Å². The molecule has 3 rings (SSSR count). The van der Waals surface area contributed by atoms with Crippen LogP contribution in [0.25, 0.3) is 0 Å². The van der Waals surface area contributed by atoms with Crippen LogP contribution >= 0.6 is 12.4 Å². The number of aryl methyl sites for hydroxylation is 1. The van der Waals surface area contributed by atoms with Gasteiger partial charge in [0.05, 0.1) is 6.04 Å². The summed E-state index contributed by atoms with van der Waals surface area (Å²) >= 11 is 0. The van der Waals surface area contributed by atoms with Crippen LogP contribution in [-0.2, 0) is 11.2 Å². The van der Waals surface area contributed by atoms with Gasteiger partial charge in [0, 0.05) is 11.3 Å². The lowest BCUT2D eigenvalue weighted by molar-refractivity contribution is -0.128. The number of Topliss-reactive ketones (excluding diaryl/α,β-unsaturated/α-hetero) is 1. The fourth-order valence-electron chi connectivity index (χ4n) is 3.32. The van der Waals surface area contributed by atoms with Crippen molar-refractivity contribution in [2.24, 2.45) is 0 Å². The Bertz CT molecular complexity index is 838. The Balaban J connectivity index is 0.00000261. The fraction of sp³-hybridized carbons (Fsp3) is 0.333. The standard InChI is InChI=1S/C21H24N2O3.ClH/c1-13(24)15-5-3-7-18(12-15)26-14(2)21(25)23-20-8-4-6-16-11-17(22)9-10-19(16)20;/h3,5,7,9-12,14,20H,4,6,8,22H2,1-2H3,(H,23,25);1H. The minimum absolute atomic E-state index is 0. The van der Waals surface area contributed by atoms with Crippen LogP contribution in [0, 0.1) is 0 Å². The smallest absolute Gasteiger partial charge is 0.261 e. The summed E-state index contributed by atoms with van der Waals surface area (Å²) in [4.78, 5) is 24.1. The minimum Gasteiger partial charge on any atom is -0.481 e. The van der Waals surface area contributed by atoms with Crippen molar-refractivity contribution >= 4 is 29.8 Å². The van der Waals surface area contributed by atoms with E-state index in [-0.39, 0.29) is 30.1 Å². The molecule has 0 saturated carbocycles. The second-order valence-corrected chi connectivity index (χ2v) is 6.76. The van der Waals surface area contributed by atoms with Gasteiger partial charge in [0.1, 0.15) is 5.75 Å². The summed E-state index contributed by atoms with van der Waals surface area (Å²) in [5.74, 6) is 0.302. The van der Waals surface area contributed by atoms with E-state index < -0.39 is 6.10 Å². The van der Waals surface area contributed by atoms with Gasteiger partial charge in [0.2, 0.25) is 0 Å². The number of hydrogen-bond donors (Lipinski definition) is 2. The number of ether oxygens (including phenoxy) is 1. The molecule has 5 nitrogen and oxygen atoms in total. The zero-order chi connectivity index (χ0) is 18.7. The second-order valence-electron chi connectivity index (χ2n) is 6.76. The van der Waals surface area contributed by atoms with Crippen molar-refractivity contribution in [3.63, 3.8) is 0 Å². The van der Waals surface area contributed by atoms with Crippen LogP contribution in [0.1, 0.15) is 54.2 Å². The largest absolute Gasteiger partial charge is 0.481 e. The maximum absolute atomic E-state index is 12.6. The van der Waals surface area contributed by atoms with Gasteiger partial charge >= 0.3 is 0 Å². The first-order valence-corrected chi connectivity index (χ1v) is 8.90. The molecule has 3 N–H and O–H groups in total. The number of fused-ring (bicyclic) bond motifs is 1. The first kappa shape index (κ1) is 20.8. The third-order valence-corrected chi connectivity index (χ3v) is 4.72. The molecule has 1 aliphatic carbocycles. The average Bonchev–Trinajstić information content (AvgIpc) is 2.61. The molecule has 0 heterocycles. The summed E-state index contributed by atoms with van der Waals surface area (Å²) in [6.45, 7) is 3.21. The van der Waals surface area contributed by atoms with Crippen molar-refractivity contribution < 1.29 is 14.3 Å². The van der Waals surface area contributed by atoms with Gasteiger partial charge in [-0.25, -0.2) is 0 Å². The predicted molar refractivity (Wildman–Crippen MR) is 108 cm³/mol. The molecule has 0 radical (unpaired) electrons. The van der Waals surface area contributed by atoms with Crippen LogP contribution in [0.5, 0.6) is 5.75 Å². The van der Waals surface area contributed by atoms with E-state index in [2.05, 4.69) is 5.32 Å². The van der Waals surface area contributed by atoms with Crippen LogP contribution in [-0.4, -0.2) is 17.8 Å². The van der Waals surface area contributed by atoms with Crippen LogP contribution in [0.4, 0.5) is 5.69 Å². The number of rotatable bonds is 5. The number of nitrogens with two attached hydrogens (primary N) is 1. The number of nitrogens with one attached hydrogen (secondary N) is 1. The van der Waals surface area contributed by atoms with E-state index in [9.17, 15) is 9.59 Å². The molecule has 1 aliphatic rings. The first-order valence-electron chi connectivity index (χ1n) is 8.90. The molecule has 0 aromatic heterocycles. The Morgan fingerprint density at radius 3 is 2.74 bits per heavy atom. The van der Waals surface area contributed by atoms with Gasteiger partial charge in [0.15, 0.2) is 11.9 Å². The summed E-state index contributed by atoms with van der Waals surface area (Å²) in [5.41, 5.74) is 9.50. The molecule has 27 heavy (non-hydrogen) atoms. The summed E-state index contributed by atoms with van der Waals surface area (Å²) in [5, 5.41) is 3.08. The van der Waals surface area contributed by atoms with Gasteiger partial charge in [-0.2, -0.15) is 0 Å². The molecule has 0 fully saturated rings. The molecular weight excluding hydrogens is 364 g/mol. The van der Waals surface area contributed by atoms with E-state index in [0.717, 1.165) is 30.5 Å². The summed E-state index contributed by atoms with van der Waals surface area (Å²) in [6, 6.07) is 12.7. The highest BCUT2D eigenvalue weighted by atomic mass is 35.5. The predicted octanol–water partition coefficient (Wildman–Crippen LogP) is 3.85. The van der Waals surface area contributed by atoms with Crippen LogP contribution in [0.2, 0.25) is 0 Å². The monoisotopic (exact) mass is 388 g/mol. The number of carbonyl (C=O) groups excluding carboxylic acids is 2. The number of nitrogen functional groups attached to an aromatic ring is 1. The highest BCUT2D eigenvalue weighted by molar-refractivity contribution is 5.94. The van der Waals surface area contributed by atoms with Crippen molar-refractivity contribution in [2.45, 2.75) is 45.3 Å². The Morgan fingerprint density at radius 1 is 1.22 bits per heavy atom. The zero-order valence-corrected chi connectivity index (χ0v) is 16.3. The molecule has 0 aliphatic heterocycles. The van der Waals surface area contributed by atoms with Gasteiger partial charge in [-0.15, -0.1) is 12.4 Å². The van der Waals surface area contributed by atoms with Gasteiger partial charge in [-0.1, -0.05) is 18.2 Å². The normalized spacial score (nSPS) is 16.4. The maximum Gasteiger partial charge on any atom is 0.261 e. The lowest BCUT2D eigenvalue weighted by Gasteiger charge is -2.28. The number of carbonyl (C=O) groups is 2. The molecule has 2 atom stereocenters. The van der Waals surface area contributed by atoms with Crippen molar-refractivity contribution in [1.29, 1.82) is 0 Å². The number of ketones is 1. The first-order chi connectivity index (χ1) is 12.4.